The Morgan fingerprint density at radius 2 is 1.54 bits per heavy atom. The van der Waals surface area contributed by atoms with Crippen LogP contribution in [0.15, 0.2) is 42.5 Å². The van der Waals surface area contributed by atoms with Gasteiger partial charge in [0.05, 0.1) is 12.0 Å². The van der Waals surface area contributed by atoms with Crippen LogP contribution in [-0.4, -0.2) is 16.8 Å². The molecule has 0 saturated heterocycles. The van der Waals surface area contributed by atoms with Crippen molar-refractivity contribution >= 4 is 40.0 Å². The highest BCUT2D eigenvalue weighted by Crippen LogP contribution is 2.12. The van der Waals surface area contributed by atoms with Crippen molar-refractivity contribution in [3.63, 3.8) is 0 Å². The lowest BCUT2D eigenvalue weighted by molar-refractivity contribution is -0.116. The molecule has 2 rings (SSSR count). The lowest BCUT2D eigenvalue weighted by Crippen LogP contribution is -2.07. The smallest absolute Gasteiger partial charge is 0.252 e. The van der Waals surface area contributed by atoms with Crippen LogP contribution in [0.3, 0.4) is 0 Å². The number of halogens is 4. The van der Waals surface area contributed by atoms with Crippen molar-refractivity contribution in [1.29, 1.82) is 0 Å². The number of hydrazine groups is 1. The number of nitrogens with two attached hydrogens (primary N) is 2. The van der Waals surface area contributed by atoms with Gasteiger partial charge in [0.25, 0.3) is 5.24 Å². The largest absolute Gasteiger partial charge is 0.300 e. The quantitative estimate of drug-likeness (QED) is 0.266. The summed E-state index contributed by atoms with van der Waals surface area (Å²) in [5.74, 6) is 5.34. The van der Waals surface area contributed by atoms with Gasteiger partial charge in [-0.15, -0.1) is 0 Å². The second-order valence-electron chi connectivity index (χ2n) is 4.71. The summed E-state index contributed by atoms with van der Waals surface area (Å²) < 4.78 is 25.4. The highest BCUT2D eigenvalue weighted by Gasteiger charge is 2.13. The molecule has 4 N–H and O–H groups in total. The van der Waals surface area contributed by atoms with Gasteiger partial charge in [-0.1, -0.05) is 11.6 Å². The van der Waals surface area contributed by atoms with E-state index in [1.54, 1.807) is 24.3 Å². The van der Waals surface area contributed by atoms with E-state index in [2.05, 4.69) is 11.7 Å². The summed E-state index contributed by atoms with van der Waals surface area (Å²) >= 11 is 10.7. The molecule has 0 radical (unpaired) electrons. The van der Waals surface area contributed by atoms with E-state index < -0.39 is 22.7 Å². The highest BCUT2D eigenvalue weighted by molar-refractivity contribution is 6.67. The van der Waals surface area contributed by atoms with Crippen molar-refractivity contribution < 1.29 is 23.2 Å². The molecule has 0 saturated carbocycles. The molecule has 0 spiro atoms. The van der Waals surface area contributed by atoms with Gasteiger partial charge in [-0.25, -0.2) is 8.78 Å². The van der Waals surface area contributed by atoms with Crippen molar-refractivity contribution in [3.05, 3.63) is 70.2 Å². The number of carbonyl (C=O) groups is 3. The summed E-state index contributed by atoms with van der Waals surface area (Å²) in [7, 11) is 0. The van der Waals surface area contributed by atoms with E-state index >= 15 is 0 Å². The second-order valence-corrected chi connectivity index (χ2v) is 5.49. The topological polar surface area (TPSA) is 103 Å². The Labute approximate surface area is 158 Å². The van der Waals surface area contributed by atoms with Gasteiger partial charge in [0.15, 0.2) is 5.78 Å². The first kappa shape index (κ1) is 23.8. The van der Waals surface area contributed by atoms with E-state index in [1.807, 2.05) is 0 Å². The minimum absolute atomic E-state index is 0.249. The third kappa shape index (κ3) is 8.77. The molecule has 0 aliphatic heterocycles. The number of hydrogen-bond acceptors (Lipinski definition) is 5. The normalized spacial score (nSPS) is 9.19. The number of Topliss-reactive ketones (excluding diaryl/α,β-unsaturated/α-hetero) is 2. The average molecular weight is 405 g/mol. The number of ketones is 2. The maximum atomic E-state index is 13.0. The summed E-state index contributed by atoms with van der Waals surface area (Å²) in [6.07, 6.45) is -0.359. The molecular formula is C17H16Cl2F2N2O3. The van der Waals surface area contributed by atoms with Gasteiger partial charge in [0, 0.05) is 16.7 Å². The van der Waals surface area contributed by atoms with Crippen LogP contribution in [0.4, 0.5) is 8.78 Å². The van der Waals surface area contributed by atoms with E-state index in [1.165, 1.54) is 6.92 Å². The summed E-state index contributed by atoms with van der Waals surface area (Å²) in [6, 6.07) is 9.05. The minimum atomic E-state index is -0.934. The third-order valence-corrected chi connectivity index (χ3v) is 3.18. The van der Waals surface area contributed by atoms with Gasteiger partial charge in [0.2, 0.25) is 0 Å². The van der Waals surface area contributed by atoms with E-state index in [9.17, 15) is 23.2 Å². The second kappa shape index (κ2) is 12.2. The third-order valence-electron chi connectivity index (χ3n) is 2.71. The van der Waals surface area contributed by atoms with E-state index in [0.29, 0.717) is 16.7 Å². The Morgan fingerprint density at radius 3 is 1.96 bits per heavy atom. The maximum Gasteiger partial charge on any atom is 0.252 e. The van der Waals surface area contributed by atoms with Crippen molar-refractivity contribution in [1.82, 2.24) is 0 Å². The summed E-state index contributed by atoms with van der Waals surface area (Å²) in [6.45, 7) is 1.24. The lowest BCUT2D eigenvalue weighted by Gasteiger charge is -2.00. The van der Waals surface area contributed by atoms with Crippen molar-refractivity contribution in [2.45, 2.75) is 13.3 Å². The highest BCUT2D eigenvalue weighted by atomic mass is 35.5. The predicted octanol–water partition coefficient (Wildman–Crippen LogP) is 3.66. The Morgan fingerprint density at radius 1 is 1.00 bits per heavy atom. The molecule has 0 fully saturated rings. The van der Waals surface area contributed by atoms with Gasteiger partial charge < -0.3 is 0 Å². The molecule has 0 unspecified atom stereocenters. The fraction of sp³-hybridized carbons (Fsp3) is 0.118. The van der Waals surface area contributed by atoms with Gasteiger partial charge in [-0.3, -0.25) is 26.1 Å². The van der Waals surface area contributed by atoms with Crippen LogP contribution in [0.5, 0.6) is 0 Å². The monoisotopic (exact) mass is 404 g/mol. The zero-order chi connectivity index (χ0) is 20.3. The SMILES string of the molecule is CC(=O)CC(=O)c1ccc(F)cc1F.NN.O=C(Cl)c1ccc(Cl)cc1. The Kier molecular flexibility index (Phi) is 11.2. The molecule has 9 heteroatoms. The van der Waals surface area contributed by atoms with Crippen LogP contribution >= 0.6 is 23.2 Å². The first-order chi connectivity index (χ1) is 12.2. The van der Waals surface area contributed by atoms with E-state index in [0.717, 1.165) is 12.1 Å². The van der Waals surface area contributed by atoms with Gasteiger partial charge >= 0.3 is 0 Å². The van der Waals surface area contributed by atoms with Gasteiger partial charge in [0.1, 0.15) is 17.4 Å². The lowest BCUT2D eigenvalue weighted by atomic mass is 10.1. The molecule has 0 amide bonds. The van der Waals surface area contributed by atoms with Crippen LogP contribution in [0.25, 0.3) is 0 Å². The first-order valence-corrected chi connectivity index (χ1v) is 7.72. The van der Waals surface area contributed by atoms with Gasteiger partial charge in [-0.2, -0.15) is 0 Å². The molecule has 2 aromatic carbocycles. The van der Waals surface area contributed by atoms with E-state index in [-0.39, 0.29) is 17.8 Å². The van der Waals surface area contributed by atoms with Crippen molar-refractivity contribution in [2.24, 2.45) is 11.7 Å². The molecule has 0 atom stereocenters. The molecule has 2 aromatic rings. The molecule has 0 aliphatic carbocycles. The Balaban J connectivity index is 0.000000458. The molecule has 0 aromatic heterocycles. The summed E-state index contributed by atoms with van der Waals surface area (Å²) in [4.78, 5) is 32.3. The summed E-state index contributed by atoms with van der Waals surface area (Å²) in [5, 5.41) is 0.137. The molecule has 5 nitrogen and oxygen atoms in total. The molecule has 0 aliphatic rings. The van der Waals surface area contributed by atoms with Crippen LogP contribution in [0.1, 0.15) is 34.1 Å². The average Bonchev–Trinajstić information content (AvgIpc) is 2.57. The Hall–Kier alpha value is -2.19. The van der Waals surface area contributed by atoms with Crippen LogP contribution < -0.4 is 11.7 Å². The minimum Gasteiger partial charge on any atom is -0.300 e. The molecule has 0 heterocycles. The number of hydrogen-bond donors (Lipinski definition) is 2. The zero-order valence-corrected chi connectivity index (χ0v) is 15.2. The van der Waals surface area contributed by atoms with Gasteiger partial charge in [-0.05, 0) is 54.9 Å². The number of benzene rings is 2. The van der Waals surface area contributed by atoms with E-state index in [4.69, 9.17) is 23.2 Å². The van der Waals surface area contributed by atoms with Crippen LogP contribution in [0, 0.1) is 11.6 Å². The predicted molar refractivity (Wildman–Crippen MR) is 96.0 cm³/mol. The summed E-state index contributed by atoms with van der Waals surface area (Å²) in [5.41, 5.74) is 0.215. The number of rotatable bonds is 4. The fourth-order valence-electron chi connectivity index (χ4n) is 1.62. The maximum absolute atomic E-state index is 13.0. The first-order valence-electron chi connectivity index (χ1n) is 6.97. The van der Waals surface area contributed by atoms with Crippen LogP contribution in [-0.2, 0) is 4.79 Å². The Bertz CT molecular complexity index is 769. The van der Waals surface area contributed by atoms with Crippen molar-refractivity contribution in [3.8, 4) is 0 Å². The van der Waals surface area contributed by atoms with Crippen LogP contribution in [0.2, 0.25) is 5.02 Å². The molecular weight excluding hydrogens is 389 g/mol. The fourth-order valence-corrected chi connectivity index (χ4v) is 1.87. The van der Waals surface area contributed by atoms with Crippen molar-refractivity contribution in [2.75, 3.05) is 0 Å². The molecule has 26 heavy (non-hydrogen) atoms. The molecule has 0 bridgehead atoms. The number of carbonyl (C=O) groups excluding carboxylic acids is 3. The standard InChI is InChI=1S/C10H8F2O2.C7H4Cl2O.H4N2/c1-6(13)4-10(14)8-3-2-7(11)5-9(8)12;8-6-3-1-5(2-4-6)7(9)10;1-2/h2-3,5H,4H2,1H3;1-4H;1-2H2. The zero-order valence-electron chi connectivity index (χ0n) is 13.6. The molecule has 140 valence electrons.